The fourth-order valence-electron chi connectivity index (χ4n) is 3.86. The lowest BCUT2D eigenvalue weighted by Crippen LogP contribution is -2.25. The molecule has 0 atom stereocenters. The van der Waals surface area contributed by atoms with Gasteiger partial charge in [-0.1, -0.05) is 23.7 Å². The zero-order valence-corrected chi connectivity index (χ0v) is 21.0. The molecule has 1 aromatic heterocycles. The molecule has 0 fully saturated rings. The number of halogens is 5. The third kappa shape index (κ3) is 4.70. The van der Waals surface area contributed by atoms with Gasteiger partial charge in [-0.15, -0.1) is 0 Å². The van der Waals surface area contributed by atoms with Crippen molar-refractivity contribution in [1.29, 1.82) is 0 Å². The van der Waals surface area contributed by atoms with Gasteiger partial charge in [-0.3, -0.25) is 9.10 Å². The molecule has 4 rings (SSSR count). The van der Waals surface area contributed by atoms with Gasteiger partial charge in [0.25, 0.3) is 5.91 Å². The number of aromatic carboxylic acids is 1. The summed E-state index contributed by atoms with van der Waals surface area (Å²) in [7, 11) is -2.60. The van der Waals surface area contributed by atoms with Gasteiger partial charge in [-0.05, 0) is 42.5 Å². The zero-order chi connectivity index (χ0) is 28.2. The highest BCUT2D eigenvalue weighted by Crippen LogP contribution is 2.38. The van der Waals surface area contributed by atoms with E-state index in [-0.39, 0.29) is 22.3 Å². The number of aromatic nitrogens is 2. The molecule has 0 radical (unpaired) electrons. The van der Waals surface area contributed by atoms with Crippen LogP contribution in [0, 0.1) is 5.82 Å². The van der Waals surface area contributed by atoms with Crippen LogP contribution in [0.1, 0.15) is 26.3 Å². The molecule has 1 heterocycles. The third-order valence-corrected chi connectivity index (χ3v) is 7.25. The van der Waals surface area contributed by atoms with Crippen LogP contribution in [0.4, 0.5) is 23.2 Å². The minimum Gasteiger partial charge on any atom is -0.478 e. The Hall–Kier alpha value is -3.97. The van der Waals surface area contributed by atoms with Crippen molar-refractivity contribution in [3.05, 3.63) is 82.1 Å². The standard InChI is InChI=1S/C24H16ClF4N3O5S/c1-31(38(2,36)37)12-9-10-13-18(11-12)32(22(33)20-15(24(27,28)29)6-4-7-16(20)25)30-21(13)19-14(23(34)35)5-3-8-17(19)26/h3-11H,1-2H3,(H,34,35). The van der Waals surface area contributed by atoms with E-state index in [1.54, 1.807) is 0 Å². The Morgan fingerprint density at radius 1 is 1.08 bits per heavy atom. The summed E-state index contributed by atoms with van der Waals surface area (Å²) < 4.78 is 81.7. The monoisotopic (exact) mass is 569 g/mol. The van der Waals surface area contributed by atoms with E-state index in [2.05, 4.69) is 5.10 Å². The first-order chi connectivity index (χ1) is 17.6. The summed E-state index contributed by atoms with van der Waals surface area (Å²) in [4.78, 5) is 25.4. The number of carboxylic acid groups (broad SMARTS) is 1. The largest absolute Gasteiger partial charge is 0.478 e. The molecule has 198 valence electrons. The van der Waals surface area contributed by atoms with E-state index < -0.39 is 61.2 Å². The number of alkyl halides is 3. The highest BCUT2D eigenvalue weighted by molar-refractivity contribution is 7.92. The maximum absolute atomic E-state index is 15.0. The summed E-state index contributed by atoms with van der Waals surface area (Å²) in [6.45, 7) is 0. The van der Waals surface area contributed by atoms with Crippen LogP contribution in [0.25, 0.3) is 22.2 Å². The second-order valence-electron chi connectivity index (χ2n) is 8.13. The van der Waals surface area contributed by atoms with Crippen molar-refractivity contribution in [2.24, 2.45) is 0 Å². The summed E-state index contributed by atoms with van der Waals surface area (Å²) in [6, 6.07) is 9.61. The number of rotatable bonds is 5. The third-order valence-electron chi connectivity index (χ3n) is 5.73. The Bertz CT molecular complexity index is 1740. The molecule has 0 saturated carbocycles. The number of fused-ring (bicyclic) bond motifs is 1. The van der Waals surface area contributed by atoms with Crippen LogP contribution in [0.5, 0.6) is 0 Å². The lowest BCUT2D eigenvalue weighted by Gasteiger charge is -2.17. The molecule has 14 heteroatoms. The number of carbonyl (C=O) groups is 2. The molecular formula is C24H16ClF4N3O5S. The molecule has 0 aliphatic heterocycles. The Kier molecular flexibility index (Phi) is 6.70. The smallest absolute Gasteiger partial charge is 0.417 e. The lowest BCUT2D eigenvalue weighted by molar-refractivity contribution is -0.137. The summed E-state index contributed by atoms with van der Waals surface area (Å²) in [5.74, 6) is -3.89. The highest BCUT2D eigenvalue weighted by atomic mass is 35.5. The number of nitrogens with zero attached hydrogens (tertiary/aromatic N) is 3. The normalized spacial score (nSPS) is 12.1. The number of benzene rings is 3. The second-order valence-corrected chi connectivity index (χ2v) is 10.5. The Balaban J connectivity index is 2.10. The average molecular weight is 570 g/mol. The minimum absolute atomic E-state index is 0.00250. The maximum atomic E-state index is 15.0. The molecule has 1 N–H and O–H groups in total. The van der Waals surface area contributed by atoms with E-state index in [0.717, 1.165) is 47.0 Å². The summed E-state index contributed by atoms with van der Waals surface area (Å²) in [5.41, 5.74) is -3.93. The molecule has 4 aromatic rings. The van der Waals surface area contributed by atoms with E-state index in [1.807, 2.05) is 0 Å². The molecule has 0 spiro atoms. The lowest BCUT2D eigenvalue weighted by atomic mass is 10.0. The van der Waals surface area contributed by atoms with Gasteiger partial charge in [0.15, 0.2) is 0 Å². The predicted octanol–water partition coefficient (Wildman–Crippen LogP) is 5.30. The van der Waals surface area contributed by atoms with E-state index >= 15 is 0 Å². The van der Waals surface area contributed by atoms with Crippen molar-refractivity contribution in [3.63, 3.8) is 0 Å². The van der Waals surface area contributed by atoms with Crippen molar-refractivity contribution in [3.8, 4) is 11.3 Å². The van der Waals surface area contributed by atoms with Gasteiger partial charge < -0.3 is 5.11 Å². The number of carbonyl (C=O) groups excluding carboxylic acids is 1. The van der Waals surface area contributed by atoms with E-state index in [4.69, 9.17) is 11.6 Å². The van der Waals surface area contributed by atoms with Crippen LogP contribution in [0.15, 0.2) is 54.6 Å². The Morgan fingerprint density at radius 2 is 1.74 bits per heavy atom. The maximum Gasteiger partial charge on any atom is 0.417 e. The van der Waals surface area contributed by atoms with Crippen LogP contribution in [0.2, 0.25) is 5.02 Å². The molecular weight excluding hydrogens is 554 g/mol. The summed E-state index contributed by atoms with van der Waals surface area (Å²) in [5, 5.41) is 13.1. The van der Waals surface area contributed by atoms with E-state index in [9.17, 15) is 40.7 Å². The van der Waals surface area contributed by atoms with Crippen LogP contribution >= 0.6 is 11.6 Å². The first-order valence-electron chi connectivity index (χ1n) is 10.5. The van der Waals surface area contributed by atoms with Crippen LogP contribution in [-0.4, -0.2) is 48.5 Å². The number of carboxylic acids is 1. The van der Waals surface area contributed by atoms with Gasteiger partial charge in [0, 0.05) is 12.4 Å². The van der Waals surface area contributed by atoms with Gasteiger partial charge in [-0.2, -0.15) is 23.0 Å². The van der Waals surface area contributed by atoms with Gasteiger partial charge in [-0.25, -0.2) is 17.6 Å². The number of anilines is 1. The number of hydrogen-bond donors (Lipinski definition) is 1. The number of sulfonamides is 1. The van der Waals surface area contributed by atoms with Gasteiger partial charge in [0.05, 0.1) is 44.7 Å². The molecule has 3 aromatic carbocycles. The first-order valence-corrected chi connectivity index (χ1v) is 12.7. The molecule has 0 aliphatic rings. The van der Waals surface area contributed by atoms with Crippen LogP contribution in [0.3, 0.4) is 0 Å². The van der Waals surface area contributed by atoms with Gasteiger partial charge in [0.2, 0.25) is 10.0 Å². The Labute approximate surface area is 217 Å². The van der Waals surface area contributed by atoms with Gasteiger partial charge >= 0.3 is 12.1 Å². The van der Waals surface area contributed by atoms with Crippen molar-refractivity contribution in [2.45, 2.75) is 6.18 Å². The Morgan fingerprint density at radius 3 is 2.34 bits per heavy atom. The zero-order valence-electron chi connectivity index (χ0n) is 19.4. The van der Waals surface area contributed by atoms with Crippen molar-refractivity contribution in [1.82, 2.24) is 9.78 Å². The molecule has 0 bridgehead atoms. The highest BCUT2D eigenvalue weighted by Gasteiger charge is 2.37. The van der Waals surface area contributed by atoms with Crippen molar-refractivity contribution in [2.75, 3.05) is 17.6 Å². The molecule has 0 unspecified atom stereocenters. The van der Waals surface area contributed by atoms with Crippen LogP contribution in [-0.2, 0) is 16.2 Å². The summed E-state index contributed by atoms with van der Waals surface area (Å²) in [6.07, 6.45) is -4.08. The minimum atomic E-state index is -4.98. The fraction of sp³-hybridized carbons (Fsp3) is 0.125. The molecule has 38 heavy (non-hydrogen) atoms. The predicted molar refractivity (Wildman–Crippen MR) is 132 cm³/mol. The fourth-order valence-corrected chi connectivity index (χ4v) is 4.61. The topological polar surface area (TPSA) is 110 Å². The molecule has 0 amide bonds. The molecule has 0 aliphatic carbocycles. The van der Waals surface area contributed by atoms with Crippen molar-refractivity contribution >= 4 is 50.1 Å². The summed E-state index contributed by atoms with van der Waals surface area (Å²) >= 11 is 6.00. The molecule has 8 nitrogen and oxygen atoms in total. The SMILES string of the molecule is CN(c1ccc2c(-c3c(F)cccc3C(=O)O)nn(C(=O)c3c(Cl)cccc3C(F)(F)F)c2c1)S(C)(=O)=O. The quantitative estimate of drug-likeness (QED) is 0.327. The average Bonchev–Trinajstić information content (AvgIpc) is 3.20. The van der Waals surface area contributed by atoms with E-state index in [1.165, 1.54) is 19.2 Å². The van der Waals surface area contributed by atoms with Crippen molar-refractivity contribution < 1.29 is 40.7 Å². The second kappa shape index (κ2) is 9.40. The van der Waals surface area contributed by atoms with Gasteiger partial charge in [0.1, 0.15) is 11.5 Å². The first kappa shape index (κ1) is 27.1. The number of hydrogen-bond acceptors (Lipinski definition) is 5. The van der Waals surface area contributed by atoms with E-state index in [0.29, 0.717) is 10.7 Å². The molecule has 0 saturated heterocycles. The van der Waals surface area contributed by atoms with Crippen LogP contribution < -0.4 is 4.31 Å².